The number of anilines is 2. The van der Waals surface area contributed by atoms with Crippen LogP contribution in [-0.4, -0.2) is 38.2 Å². The van der Waals surface area contributed by atoms with E-state index in [1.807, 2.05) is 6.07 Å². The zero-order valence-electron chi connectivity index (χ0n) is 13.5. The summed E-state index contributed by atoms with van der Waals surface area (Å²) >= 11 is 5.75. The zero-order valence-corrected chi connectivity index (χ0v) is 15.1. The highest BCUT2D eigenvalue weighted by molar-refractivity contribution is 7.92. The van der Waals surface area contributed by atoms with Gasteiger partial charge in [0, 0.05) is 18.1 Å². The second kappa shape index (κ2) is 7.41. The van der Waals surface area contributed by atoms with E-state index in [9.17, 15) is 13.2 Å². The molecule has 132 valence electrons. The monoisotopic (exact) mass is 379 g/mol. The lowest BCUT2D eigenvalue weighted by Crippen LogP contribution is -2.23. The molecular formula is C17H18ClN3O3S. The highest BCUT2D eigenvalue weighted by Crippen LogP contribution is 2.19. The van der Waals surface area contributed by atoms with Crippen molar-refractivity contribution < 1.29 is 13.2 Å². The topological polar surface area (TPSA) is 79.4 Å². The van der Waals surface area contributed by atoms with Crippen LogP contribution in [-0.2, 0) is 14.6 Å². The predicted octanol–water partition coefficient (Wildman–Crippen LogP) is 2.75. The van der Waals surface area contributed by atoms with Crippen molar-refractivity contribution in [3.63, 3.8) is 0 Å². The first-order chi connectivity index (χ1) is 11.9. The van der Waals surface area contributed by atoms with Gasteiger partial charge in [-0.2, -0.15) is 0 Å². The minimum atomic E-state index is -3.72. The lowest BCUT2D eigenvalue weighted by Gasteiger charge is -2.16. The molecule has 0 bridgehead atoms. The van der Waals surface area contributed by atoms with Crippen molar-refractivity contribution in [2.24, 2.45) is 0 Å². The van der Waals surface area contributed by atoms with Crippen molar-refractivity contribution in [1.82, 2.24) is 4.98 Å². The Morgan fingerprint density at radius 1 is 1.12 bits per heavy atom. The standard InChI is InChI=1S/C17H18ClN3O3S/c18-13-3-6-15(7-4-13)25(23,24)12-17(22)20-14-5-8-16(19-11-14)21-9-1-2-10-21/h3-8,11H,1-2,9-10,12H2,(H,20,22). The summed E-state index contributed by atoms with van der Waals surface area (Å²) in [4.78, 5) is 18.6. The molecule has 0 saturated carbocycles. The quantitative estimate of drug-likeness (QED) is 0.864. The molecule has 6 nitrogen and oxygen atoms in total. The largest absolute Gasteiger partial charge is 0.357 e. The van der Waals surface area contributed by atoms with Gasteiger partial charge in [-0.15, -0.1) is 0 Å². The molecule has 25 heavy (non-hydrogen) atoms. The summed E-state index contributed by atoms with van der Waals surface area (Å²) in [6.07, 6.45) is 3.85. The maximum Gasteiger partial charge on any atom is 0.240 e. The number of carbonyl (C=O) groups is 1. The van der Waals surface area contributed by atoms with Crippen LogP contribution in [0, 0.1) is 0 Å². The van der Waals surface area contributed by atoms with E-state index in [0.29, 0.717) is 10.7 Å². The van der Waals surface area contributed by atoms with Crippen LogP contribution >= 0.6 is 11.6 Å². The number of nitrogens with zero attached hydrogens (tertiary/aromatic N) is 2. The smallest absolute Gasteiger partial charge is 0.240 e. The number of sulfone groups is 1. The molecule has 8 heteroatoms. The van der Waals surface area contributed by atoms with Crippen LogP contribution < -0.4 is 10.2 Å². The van der Waals surface area contributed by atoms with Crippen LogP contribution in [0.25, 0.3) is 0 Å². The number of carbonyl (C=O) groups excluding carboxylic acids is 1. The van der Waals surface area contributed by atoms with Crippen molar-refractivity contribution in [2.45, 2.75) is 17.7 Å². The average Bonchev–Trinajstić information content (AvgIpc) is 3.10. The number of hydrogen-bond acceptors (Lipinski definition) is 5. The van der Waals surface area contributed by atoms with Crippen LogP contribution in [0.1, 0.15) is 12.8 Å². The lowest BCUT2D eigenvalue weighted by molar-refractivity contribution is -0.113. The molecule has 0 atom stereocenters. The number of rotatable bonds is 5. The Labute approximate surface area is 151 Å². The first-order valence-corrected chi connectivity index (χ1v) is 9.96. The Balaban J connectivity index is 1.62. The SMILES string of the molecule is O=C(CS(=O)(=O)c1ccc(Cl)cc1)Nc1ccc(N2CCCC2)nc1. The van der Waals surface area contributed by atoms with Gasteiger partial charge in [0.15, 0.2) is 9.84 Å². The molecule has 1 aliphatic rings. The molecule has 2 heterocycles. The fraction of sp³-hybridized carbons (Fsp3) is 0.294. The number of nitrogens with one attached hydrogen (secondary N) is 1. The Hall–Kier alpha value is -2.12. The van der Waals surface area contributed by atoms with Gasteiger partial charge in [0.2, 0.25) is 5.91 Å². The summed E-state index contributed by atoms with van der Waals surface area (Å²) in [6, 6.07) is 9.29. The van der Waals surface area contributed by atoms with E-state index < -0.39 is 21.5 Å². The summed E-state index contributed by atoms with van der Waals surface area (Å²) in [5.74, 6) is -0.377. The van der Waals surface area contributed by atoms with Gasteiger partial charge in [-0.1, -0.05) is 11.6 Å². The minimum Gasteiger partial charge on any atom is -0.357 e. The molecule has 1 N–H and O–H groups in total. The van der Waals surface area contributed by atoms with Gasteiger partial charge in [0.1, 0.15) is 11.6 Å². The van der Waals surface area contributed by atoms with Gasteiger partial charge >= 0.3 is 0 Å². The zero-order chi connectivity index (χ0) is 17.9. The molecule has 1 saturated heterocycles. The van der Waals surface area contributed by atoms with E-state index in [0.717, 1.165) is 31.7 Å². The number of aromatic nitrogens is 1. The fourth-order valence-corrected chi connectivity index (χ4v) is 3.95. The van der Waals surface area contributed by atoms with Crippen molar-refractivity contribution in [1.29, 1.82) is 0 Å². The number of hydrogen-bond donors (Lipinski definition) is 1. The highest BCUT2D eigenvalue weighted by Gasteiger charge is 2.20. The van der Waals surface area contributed by atoms with E-state index in [1.54, 1.807) is 12.3 Å². The van der Waals surface area contributed by atoms with E-state index in [2.05, 4.69) is 15.2 Å². The number of halogens is 1. The maximum absolute atomic E-state index is 12.2. The number of benzene rings is 1. The Bertz CT molecular complexity index is 846. The molecule has 1 aromatic carbocycles. The molecule has 2 aromatic rings. The first kappa shape index (κ1) is 17.7. The van der Waals surface area contributed by atoms with E-state index in [1.165, 1.54) is 24.3 Å². The first-order valence-electron chi connectivity index (χ1n) is 7.93. The van der Waals surface area contributed by atoms with Crippen molar-refractivity contribution in [2.75, 3.05) is 29.1 Å². The van der Waals surface area contributed by atoms with Crippen LogP contribution in [0.2, 0.25) is 5.02 Å². The fourth-order valence-electron chi connectivity index (χ4n) is 2.69. The number of amides is 1. The minimum absolute atomic E-state index is 0.0644. The molecule has 0 unspecified atom stereocenters. The predicted molar refractivity (Wildman–Crippen MR) is 97.8 cm³/mol. The van der Waals surface area contributed by atoms with Crippen LogP contribution in [0.3, 0.4) is 0 Å². The van der Waals surface area contributed by atoms with Gasteiger partial charge in [0.25, 0.3) is 0 Å². The molecule has 1 amide bonds. The molecule has 0 spiro atoms. The molecule has 1 aromatic heterocycles. The molecular weight excluding hydrogens is 362 g/mol. The van der Waals surface area contributed by atoms with Gasteiger partial charge in [-0.25, -0.2) is 13.4 Å². The number of pyridine rings is 1. The Morgan fingerprint density at radius 3 is 2.40 bits per heavy atom. The van der Waals surface area contributed by atoms with Gasteiger partial charge < -0.3 is 10.2 Å². The molecule has 1 aliphatic heterocycles. The normalized spacial score (nSPS) is 14.5. The third kappa shape index (κ3) is 4.49. The van der Waals surface area contributed by atoms with Crippen molar-refractivity contribution >= 4 is 38.9 Å². The summed E-state index contributed by atoms with van der Waals surface area (Å²) < 4.78 is 24.5. The lowest BCUT2D eigenvalue weighted by atomic mass is 10.4. The third-order valence-corrected chi connectivity index (χ3v) is 5.84. The average molecular weight is 380 g/mol. The maximum atomic E-state index is 12.2. The summed E-state index contributed by atoms with van der Waals surface area (Å²) in [7, 11) is -3.72. The van der Waals surface area contributed by atoms with E-state index >= 15 is 0 Å². The molecule has 0 radical (unpaired) electrons. The molecule has 0 aliphatic carbocycles. The van der Waals surface area contributed by atoms with Gasteiger partial charge in [0.05, 0.1) is 16.8 Å². The van der Waals surface area contributed by atoms with Crippen LogP contribution in [0.15, 0.2) is 47.5 Å². The highest BCUT2D eigenvalue weighted by atomic mass is 35.5. The second-order valence-corrected chi connectivity index (χ2v) is 8.29. The second-order valence-electron chi connectivity index (χ2n) is 5.86. The molecule has 3 rings (SSSR count). The summed E-state index contributed by atoms with van der Waals surface area (Å²) in [5, 5.41) is 3.01. The third-order valence-electron chi connectivity index (χ3n) is 3.96. The van der Waals surface area contributed by atoms with Crippen LogP contribution in [0.4, 0.5) is 11.5 Å². The van der Waals surface area contributed by atoms with Crippen LogP contribution in [0.5, 0.6) is 0 Å². The van der Waals surface area contributed by atoms with E-state index in [4.69, 9.17) is 11.6 Å². The van der Waals surface area contributed by atoms with Gasteiger partial charge in [-0.3, -0.25) is 4.79 Å². The molecule has 1 fully saturated rings. The summed E-state index contributed by atoms with van der Waals surface area (Å²) in [5.41, 5.74) is 0.472. The summed E-state index contributed by atoms with van der Waals surface area (Å²) in [6.45, 7) is 1.97. The van der Waals surface area contributed by atoms with E-state index in [-0.39, 0.29) is 4.90 Å². The van der Waals surface area contributed by atoms with Crippen molar-refractivity contribution in [3.8, 4) is 0 Å². The Morgan fingerprint density at radius 2 is 1.80 bits per heavy atom. The van der Waals surface area contributed by atoms with Crippen molar-refractivity contribution in [3.05, 3.63) is 47.6 Å². The van der Waals surface area contributed by atoms with Gasteiger partial charge in [-0.05, 0) is 49.2 Å². The Kier molecular flexibility index (Phi) is 5.24.